The zero-order valence-electron chi connectivity index (χ0n) is 14.4. The predicted octanol–water partition coefficient (Wildman–Crippen LogP) is 2.21. The molecule has 0 fully saturated rings. The molecule has 0 saturated heterocycles. The largest absolute Gasteiger partial charge is 0.465 e. The highest BCUT2D eigenvalue weighted by molar-refractivity contribution is 6.04. The number of hydrogen-bond acceptors (Lipinski definition) is 6. The van der Waals surface area contributed by atoms with Crippen molar-refractivity contribution in [2.45, 2.75) is 26.4 Å². The number of anilines is 1. The molecule has 1 heterocycles. The number of ether oxygens (including phenoxy) is 2. The van der Waals surface area contributed by atoms with Crippen LogP contribution in [0.2, 0.25) is 0 Å². The fourth-order valence-electron chi connectivity index (χ4n) is 2.24. The van der Waals surface area contributed by atoms with E-state index in [0.717, 1.165) is 6.07 Å². The molecule has 7 nitrogen and oxygen atoms in total. The lowest BCUT2D eigenvalue weighted by Gasteiger charge is -2.20. The molecule has 0 spiro atoms. The lowest BCUT2D eigenvalue weighted by atomic mass is 10.1. The maximum absolute atomic E-state index is 14.2. The number of halogens is 1. The molecule has 0 unspecified atom stereocenters. The van der Waals surface area contributed by atoms with Crippen molar-refractivity contribution in [3.8, 4) is 0 Å². The summed E-state index contributed by atoms with van der Waals surface area (Å²) in [6.45, 7) is 4.89. The van der Waals surface area contributed by atoms with Gasteiger partial charge in [0.25, 0.3) is 5.56 Å². The van der Waals surface area contributed by atoms with E-state index in [-0.39, 0.29) is 28.6 Å². The molecule has 1 aromatic carbocycles. The second kappa shape index (κ2) is 6.92. The third kappa shape index (κ3) is 4.34. The first-order valence-electron chi connectivity index (χ1n) is 7.51. The van der Waals surface area contributed by atoms with Crippen molar-refractivity contribution in [2.24, 2.45) is 0 Å². The first-order chi connectivity index (χ1) is 11.6. The normalized spacial score (nSPS) is 11.2. The Morgan fingerprint density at radius 2 is 1.92 bits per heavy atom. The first-order valence-corrected chi connectivity index (χ1v) is 7.51. The number of nitrogens with one attached hydrogen (secondary N) is 2. The van der Waals surface area contributed by atoms with Gasteiger partial charge in [0, 0.05) is 11.6 Å². The molecule has 1 aromatic heterocycles. The van der Waals surface area contributed by atoms with E-state index < -0.39 is 28.9 Å². The van der Waals surface area contributed by atoms with E-state index in [2.05, 4.69) is 15.0 Å². The topological polar surface area (TPSA) is 97.5 Å². The Morgan fingerprint density at radius 3 is 2.52 bits per heavy atom. The summed E-state index contributed by atoms with van der Waals surface area (Å²) in [7, 11) is 1.20. The van der Waals surface area contributed by atoms with Gasteiger partial charge in [-0.3, -0.25) is 9.59 Å². The Bertz CT molecular complexity index is 883. The minimum absolute atomic E-state index is 0.00298. The highest BCUT2D eigenvalue weighted by Crippen LogP contribution is 2.24. The number of hydrogen-bond donors (Lipinski definition) is 2. The molecule has 25 heavy (non-hydrogen) atoms. The number of aromatic nitrogens is 1. The van der Waals surface area contributed by atoms with E-state index >= 15 is 0 Å². The molecule has 0 aliphatic rings. The van der Waals surface area contributed by atoms with Gasteiger partial charge in [-0.2, -0.15) is 0 Å². The third-order valence-corrected chi connectivity index (χ3v) is 3.24. The van der Waals surface area contributed by atoms with Crippen LogP contribution >= 0.6 is 0 Å². The minimum atomic E-state index is -0.733. The number of rotatable bonds is 4. The van der Waals surface area contributed by atoms with Gasteiger partial charge in [-0.05, 0) is 32.9 Å². The van der Waals surface area contributed by atoms with Crippen LogP contribution in [-0.4, -0.2) is 36.2 Å². The van der Waals surface area contributed by atoms with Crippen LogP contribution in [0.15, 0.2) is 23.1 Å². The molecule has 2 aromatic rings. The summed E-state index contributed by atoms with van der Waals surface area (Å²) in [5.41, 5.74) is -1.15. The van der Waals surface area contributed by atoms with Crippen molar-refractivity contribution < 1.29 is 23.5 Å². The molecule has 2 rings (SSSR count). The predicted molar refractivity (Wildman–Crippen MR) is 90.2 cm³/mol. The van der Waals surface area contributed by atoms with Crippen LogP contribution in [-0.2, 0) is 14.3 Å². The van der Waals surface area contributed by atoms with Gasteiger partial charge in [0.2, 0.25) is 0 Å². The fourth-order valence-corrected chi connectivity index (χ4v) is 2.24. The monoisotopic (exact) mass is 350 g/mol. The molecule has 0 bridgehead atoms. The minimum Gasteiger partial charge on any atom is -0.465 e. The number of aromatic amines is 1. The molecule has 2 N–H and O–H groups in total. The van der Waals surface area contributed by atoms with Crippen molar-refractivity contribution in [3.05, 3.63) is 40.1 Å². The quantitative estimate of drug-likeness (QED) is 0.821. The van der Waals surface area contributed by atoms with Crippen molar-refractivity contribution in [2.75, 3.05) is 19.0 Å². The number of carbonyl (C=O) groups is 2. The molecule has 0 aliphatic carbocycles. The van der Waals surface area contributed by atoms with E-state index in [1.165, 1.54) is 19.4 Å². The lowest BCUT2D eigenvalue weighted by molar-refractivity contribution is -0.152. The van der Waals surface area contributed by atoms with Crippen molar-refractivity contribution in [3.63, 3.8) is 0 Å². The van der Waals surface area contributed by atoms with Crippen molar-refractivity contribution in [1.82, 2.24) is 4.98 Å². The summed E-state index contributed by atoms with van der Waals surface area (Å²) in [5, 5.41) is 2.83. The highest BCUT2D eigenvalue weighted by atomic mass is 19.1. The molecular weight excluding hydrogens is 331 g/mol. The Labute approximate surface area is 143 Å². The highest BCUT2D eigenvalue weighted by Gasteiger charge is 2.18. The van der Waals surface area contributed by atoms with Crippen molar-refractivity contribution >= 4 is 28.4 Å². The standard InChI is InChI=1S/C17H19FN2O5/c1-17(2,3)25-14(21)8-19-13-6-9-10(5-12(13)18)15(22)20-7-11(9)16(23)24-4/h5-7,19H,8H2,1-4H3,(H,20,22). The number of esters is 2. The summed E-state index contributed by atoms with van der Waals surface area (Å²) in [5.74, 6) is -1.97. The van der Waals surface area contributed by atoms with Crippen LogP contribution in [0.4, 0.5) is 10.1 Å². The van der Waals surface area contributed by atoms with Gasteiger partial charge in [0.1, 0.15) is 18.0 Å². The average molecular weight is 350 g/mol. The molecule has 0 amide bonds. The van der Waals surface area contributed by atoms with E-state index in [1.807, 2.05) is 0 Å². The van der Waals surface area contributed by atoms with Gasteiger partial charge < -0.3 is 19.8 Å². The number of H-pyrrole nitrogens is 1. The second-order valence-electron chi connectivity index (χ2n) is 6.34. The maximum atomic E-state index is 14.2. The fraction of sp³-hybridized carbons (Fsp3) is 0.353. The van der Waals surface area contributed by atoms with Crippen LogP contribution in [0.1, 0.15) is 31.1 Å². The number of methoxy groups -OCH3 is 1. The summed E-state index contributed by atoms with van der Waals surface area (Å²) in [6.07, 6.45) is 1.20. The SMILES string of the molecule is COC(=O)c1c[nH]c(=O)c2cc(F)c(NCC(=O)OC(C)(C)C)cc12. The van der Waals surface area contributed by atoms with Gasteiger partial charge in [-0.15, -0.1) is 0 Å². The lowest BCUT2D eigenvalue weighted by Crippen LogP contribution is -2.28. The average Bonchev–Trinajstić information content (AvgIpc) is 2.51. The number of fused-ring (bicyclic) bond motifs is 1. The molecule has 0 aliphatic heterocycles. The second-order valence-corrected chi connectivity index (χ2v) is 6.34. The van der Waals surface area contributed by atoms with E-state index in [0.29, 0.717) is 0 Å². The van der Waals surface area contributed by atoms with Gasteiger partial charge >= 0.3 is 11.9 Å². The smallest absolute Gasteiger partial charge is 0.339 e. The zero-order valence-corrected chi connectivity index (χ0v) is 14.4. The third-order valence-electron chi connectivity index (χ3n) is 3.24. The number of pyridine rings is 1. The van der Waals surface area contributed by atoms with Gasteiger partial charge in [-0.25, -0.2) is 9.18 Å². The maximum Gasteiger partial charge on any atom is 0.339 e. The summed E-state index contributed by atoms with van der Waals surface area (Å²) < 4.78 is 24.0. The summed E-state index contributed by atoms with van der Waals surface area (Å²) >= 11 is 0. The van der Waals surface area contributed by atoms with E-state index in [1.54, 1.807) is 20.8 Å². The van der Waals surface area contributed by atoms with Crippen LogP contribution in [0.5, 0.6) is 0 Å². The van der Waals surface area contributed by atoms with Crippen LogP contribution in [0.3, 0.4) is 0 Å². The summed E-state index contributed by atoms with van der Waals surface area (Å²) in [4.78, 5) is 37.8. The molecule has 8 heteroatoms. The van der Waals surface area contributed by atoms with Crippen LogP contribution < -0.4 is 10.9 Å². The van der Waals surface area contributed by atoms with Crippen LogP contribution in [0.25, 0.3) is 10.8 Å². The zero-order chi connectivity index (χ0) is 18.8. The van der Waals surface area contributed by atoms with Gasteiger partial charge in [0.05, 0.1) is 23.7 Å². The molecular formula is C17H19FN2O5. The Kier molecular flexibility index (Phi) is 5.10. The van der Waals surface area contributed by atoms with E-state index in [4.69, 9.17) is 4.74 Å². The molecule has 0 atom stereocenters. The van der Waals surface area contributed by atoms with Crippen molar-refractivity contribution in [1.29, 1.82) is 0 Å². The summed E-state index contributed by atoms with van der Waals surface area (Å²) in [6, 6.07) is 2.29. The molecule has 0 saturated carbocycles. The van der Waals surface area contributed by atoms with Gasteiger partial charge in [0.15, 0.2) is 0 Å². The Hall–Kier alpha value is -2.90. The molecule has 0 radical (unpaired) electrons. The van der Waals surface area contributed by atoms with Crippen LogP contribution in [0, 0.1) is 5.82 Å². The number of carbonyl (C=O) groups excluding carboxylic acids is 2. The molecule has 134 valence electrons. The number of benzene rings is 1. The first kappa shape index (κ1) is 18.4. The van der Waals surface area contributed by atoms with E-state index in [9.17, 15) is 18.8 Å². The Morgan fingerprint density at radius 1 is 1.24 bits per heavy atom. The van der Waals surface area contributed by atoms with Gasteiger partial charge in [-0.1, -0.05) is 0 Å². The Balaban J connectivity index is 2.38.